The van der Waals surface area contributed by atoms with Gasteiger partial charge in [0.15, 0.2) is 4.98 Å². The lowest BCUT2D eigenvalue weighted by Crippen LogP contribution is -1.85. The zero-order valence-corrected chi connectivity index (χ0v) is 9.22. The van der Waals surface area contributed by atoms with Crippen LogP contribution in [0.5, 0.6) is 11.5 Å². The van der Waals surface area contributed by atoms with Gasteiger partial charge < -0.3 is 4.74 Å². The summed E-state index contributed by atoms with van der Waals surface area (Å²) in [4.78, 5) is 3.15. The third kappa shape index (κ3) is 2.58. The molecule has 2 aromatic carbocycles. The number of aryl methyl sites for hydroxylation is 1. The summed E-state index contributed by atoms with van der Waals surface area (Å²) in [5.41, 5.74) is 1.30. The van der Waals surface area contributed by atoms with Crippen molar-refractivity contribution in [2.75, 3.05) is 0 Å². The van der Waals surface area contributed by atoms with E-state index in [2.05, 4.69) is 4.98 Å². The summed E-state index contributed by atoms with van der Waals surface area (Å²) in [6, 6.07) is 10.9. The second-order valence-corrected chi connectivity index (χ2v) is 3.63. The van der Waals surface area contributed by atoms with Crippen LogP contribution in [0.15, 0.2) is 42.5 Å². The molecule has 0 aliphatic rings. The maximum absolute atomic E-state index is 12.7. The SMILES string of the molecule is Cc1ccc(Oc2ccc(F)cc2)c([N+]#N)c1. The molecule has 0 unspecified atom stereocenters. The molecule has 3 nitrogen and oxygen atoms in total. The minimum Gasteiger partial charge on any atom is -0.449 e. The lowest BCUT2D eigenvalue weighted by atomic mass is 10.2. The predicted octanol–water partition coefficient (Wildman–Crippen LogP) is 4.41. The Hall–Kier alpha value is -2.41. The first-order valence-corrected chi connectivity index (χ1v) is 5.08. The Labute approximate surface area is 98.1 Å². The van der Waals surface area contributed by atoms with Gasteiger partial charge in [-0.3, -0.25) is 0 Å². The van der Waals surface area contributed by atoms with Gasteiger partial charge >= 0.3 is 5.69 Å². The van der Waals surface area contributed by atoms with Gasteiger partial charge in [0, 0.05) is 6.07 Å². The summed E-state index contributed by atoms with van der Waals surface area (Å²) >= 11 is 0. The summed E-state index contributed by atoms with van der Waals surface area (Å²) in [6.07, 6.45) is 0. The highest BCUT2D eigenvalue weighted by Crippen LogP contribution is 2.32. The van der Waals surface area contributed by atoms with Crippen LogP contribution in [-0.2, 0) is 0 Å². The Morgan fingerprint density at radius 3 is 2.47 bits per heavy atom. The standard InChI is InChI=1S/C13H10FN2O/c1-9-2-7-13(12(8-9)16-15)17-11-5-3-10(14)4-6-11/h2-8H,1H3/q+1. The number of diazo groups is 1. The first-order chi connectivity index (χ1) is 8.19. The van der Waals surface area contributed by atoms with Gasteiger partial charge in [0.1, 0.15) is 11.6 Å². The van der Waals surface area contributed by atoms with Crippen molar-refractivity contribution in [2.24, 2.45) is 0 Å². The van der Waals surface area contributed by atoms with Gasteiger partial charge in [-0.1, -0.05) is 6.07 Å². The minimum atomic E-state index is -0.326. The molecule has 0 heterocycles. The van der Waals surface area contributed by atoms with Crippen molar-refractivity contribution in [2.45, 2.75) is 6.92 Å². The molecule has 0 atom stereocenters. The van der Waals surface area contributed by atoms with Crippen molar-refractivity contribution in [1.29, 1.82) is 5.39 Å². The molecular formula is C13H10FN2O+. The smallest absolute Gasteiger partial charge is 0.427 e. The highest BCUT2D eigenvalue weighted by molar-refractivity contribution is 5.59. The van der Waals surface area contributed by atoms with Crippen molar-refractivity contribution in [3.8, 4) is 11.5 Å². The van der Waals surface area contributed by atoms with Gasteiger partial charge in [0.2, 0.25) is 11.1 Å². The lowest BCUT2D eigenvalue weighted by Gasteiger charge is -2.03. The molecule has 0 N–H and O–H groups in total. The molecule has 0 saturated heterocycles. The van der Waals surface area contributed by atoms with E-state index >= 15 is 0 Å². The van der Waals surface area contributed by atoms with Gasteiger partial charge in [-0.25, -0.2) is 4.39 Å². The number of ether oxygens (including phenoxy) is 1. The van der Waals surface area contributed by atoms with E-state index in [-0.39, 0.29) is 5.82 Å². The predicted molar refractivity (Wildman–Crippen MR) is 62.4 cm³/mol. The Bertz CT molecular complexity index is 573. The van der Waals surface area contributed by atoms with Crippen molar-refractivity contribution >= 4 is 5.69 Å². The fourth-order valence-electron chi connectivity index (χ4n) is 1.42. The normalized spacial score (nSPS) is 9.71. The number of halogens is 1. The lowest BCUT2D eigenvalue weighted by molar-refractivity contribution is 0.483. The zero-order valence-electron chi connectivity index (χ0n) is 9.22. The maximum atomic E-state index is 12.7. The Morgan fingerprint density at radius 1 is 1.12 bits per heavy atom. The van der Waals surface area contributed by atoms with Crippen LogP contribution >= 0.6 is 0 Å². The monoisotopic (exact) mass is 229 g/mol. The molecule has 17 heavy (non-hydrogen) atoms. The molecule has 0 aliphatic heterocycles. The highest BCUT2D eigenvalue weighted by atomic mass is 19.1. The van der Waals surface area contributed by atoms with Gasteiger partial charge in [0.25, 0.3) is 0 Å². The fraction of sp³-hybridized carbons (Fsp3) is 0.0769. The summed E-state index contributed by atoms with van der Waals surface area (Å²) in [5.74, 6) is 0.582. The van der Waals surface area contributed by atoms with Crippen molar-refractivity contribution < 1.29 is 9.13 Å². The van der Waals surface area contributed by atoms with E-state index in [0.717, 1.165) is 5.56 Å². The Morgan fingerprint density at radius 2 is 1.82 bits per heavy atom. The molecule has 2 aromatic rings. The topological polar surface area (TPSA) is 37.4 Å². The van der Waals surface area contributed by atoms with Crippen LogP contribution in [-0.4, -0.2) is 0 Å². The largest absolute Gasteiger partial charge is 0.449 e. The van der Waals surface area contributed by atoms with Crippen LogP contribution in [0.4, 0.5) is 10.1 Å². The molecule has 0 bridgehead atoms. The molecule has 84 valence electrons. The molecule has 0 radical (unpaired) electrons. The van der Waals surface area contributed by atoms with Gasteiger partial charge in [0.05, 0.1) is 0 Å². The first-order valence-electron chi connectivity index (χ1n) is 5.08. The molecular weight excluding hydrogens is 219 g/mol. The highest BCUT2D eigenvalue weighted by Gasteiger charge is 2.15. The van der Waals surface area contributed by atoms with Crippen LogP contribution in [0.25, 0.3) is 4.98 Å². The number of rotatable bonds is 2. The second-order valence-electron chi connectivity index (χ2n) is 3.63. The third-order valence-electron chi connectivity index (χ3n) is 2.26. The zero-order chi connectivity index (χ0) is 12.3. The van der Waals surface area contributed by atoms with Crippen LogP contribution in [0.3, 0.4) is 0 Å². The van der Waals surface area contributed by atoms with Crippen LogP contribution in [0.1, 0.15) is 5.56 Å². The van der Waals surface area contributed by atoms with E-state index < -0.39 is 0 Å². The van der Waals surface area contributed by atoms with Crippen molar-refractivity contribution in [3.63, 3.8) is 0 Å². The average Bonchev–Trinajstić information content (AvgIpc) is 2.34. The molecule has 0 amide bonds. The fourth-order valence-corrected chi connectivity index (χ4v) is 1.42. The average molecular weight is 229 g/mol. The van der Waals surface area contributed by atoms with Crippen LogP contribution < -0.4 is 4.74 Å². The van der Waals surface area contributed by atoms with E-state index in [1.165, 1.54) is 24.3 Å². The Balaban J connectivity index is 2.30. The number of hydrogen-bond donors (Lipinski definition) is 0. The van der Waals surface area contributed by atoms with E-state index in [1.54, 1.807) is 12.1 Å². The van der Waals surface area contributed by atoms with E-state index in [4.69, 9.17) is 10.1 Å². The molecule has 2 rings (SSSR count). The van der Waals surface area contributed by atoms with Crippen molar-refractivity contribution in [3.05, 3.63) is 58.8 Å². The molecule has 0 saturated carbocycles. The van der Waals surface area contributed by atoms with Crippen molar-refractivity contribution in [1.82, 2.24) is 0 Å². The number of benzene rings is 2. The third-order valence-corrected chi connectivity index (χ3v) is 2.26. The summed E-state index contributed by atoms with van der Waals surface area (Å²) < 4.78 is 18.2. The summed E-state index contributed by atoms with van der Waals surface area (Å²) in [7, 11) is 0. The van der Waals surface area contributed by atoms with E-state index in [0.29, 0.717) is 17.2 Å². The first kappa shape index (κ1) is 11.1. The molecule has 0 aromatic heterocycles. The summed E-state index contributed by atoms with van der Waals surface area (Å²) in [6.45, 7) is 1.89. The van der Waals surface area contributed by atoms with Gasteiger partial charge in [-0.15, -0.1) is 0 Å². The molecule has 0 fully saturated rings. The van der Waals surface area contributed by atoms with Crippen LogP contribution in [0, 0.1) is 18.1 Å². The van der Waals surface area contributed by atoms with E-state index in [1.807, 2.05) is 13.0 Å². The minimum absolute atomic E-state index is 0.326. The number of nitrogens with zero attached hydrogens (tertiary/aromatic N) is 2. The molecule has 0 aliphatic carbocycles. The van der Waals surface area contributed by atoms with Gasteiger partial charge in [-0.05, 0) is 42.8 Å². The van der Waals surface area contributed by atoms with E-state index in [9.17, 15) is 4.39 Å². The molecule has 4 heteroatoms. The second kappa shape index (κ2) is 4.62. The number of hydrogen-bond acceptors (Lipinski definition) is 2. The van der Waals surface area contributed by atoms with Gasteiger partial charge in [-0.2, -0.15) is 0 Å². The maximum Gasteiger partial charge on any atom is 0.427 e. The Kier molecular flexibility index (Phi) is 3.01. The van der Waals surface area contributed by atoms with Crippen LogP contribution in [0.2, 0.25) is 0 Å². The summed E-state index contributed by atoms with van der Waals surface area (Å²) in [5, 5.41) is 8.85. The molecule has 0 spiro atoms. The quantitative estimate of drug-likeness (QED) is 0.715.